The van der Waals surface area contributed by atoms with Gasteiger partial charge in [-0.05, 0) is 18.2 Å². The second-order valence-corrected chi connectivity index (χ2v) is 2.51. The van der Waals surface area contributed by atoms with Crippen LogP contribution in [0.4, 0.5) is 5.69 Å². The maximum absolute atomic E-state index is 11.0. The average molecular weight is 190 g/mol. The molecule has 0 radical (unpaired) electrons. The highest BCUT2D eigenvalue weighted by Gasteiger charge is 1.94. The highest BCUT2D eigenvalue weighted by Crippen LogP contribution is 2.04. The van der Waals surface area contributed by atoms with Crippen LogP contribution in [-0.4, -0.2) is 11.9 Å². The van der Waals surface area contributed by atoms with Crippen molar-refractivity contribution in [1.29, 1.82) is 0 Å². The number of para-hydroxylation sites is 1. The Balaban J connectivity index is 2.54. The molecule has 0 aliphatic rings. The van der Waals surface area contributed by atoms with Gasteiger partial charge in [0.2, 0.25) is 5.91 Å². The lowest BCUT2D eigenvalue weighted by Gasteiger charge is -2.00. The van der Waals surface area contributed by atoms with Gasteiger partial charge in [0.1, 0.15) is 0 Å². The molecule has 0 spiro atoms. The molecule has 0 aliphatic heterocycles. The first-order valence-corrected chi connectivity index (χ1v) is 3.93. The monoisotopic (exact) mass is 190 g/mol. The van der Waals surface area contributed by atoms with Crippen molar-refractivity contribution in [1.82, 2.24) is 0 Å². The minimum Gasteiger partial charge on any atom is -0.545 e. The fraction of sp³-hybridized carbons (Fsp3) is 0. The lowest BCUT2D eigenvalue weighted by Crippen LogP contribution is -2.20. The van der Waals surface area contributed by atoms with E-state index in [4.69, 9.17) is 0 Å². The van der Waals surface area contributed by atoms with E-state index in [9.17, 15) is 14.7 Å². The van der Waals surface area contributed by atoms with Gasteiger partial charge >= 0.3 is 0 Å². The van der Waals surface area contributed by atoms with Gasteiger partial charge in [0, 0.05) is 11.8 Å². The van der Waals surface area contributed by atoms with Crippen molar-refractivity contribution >= 4 is 17.6 Å². The number of carboxylic acids is 1. The molecule has 0 heterocycles. The third-order valence-electron chi connectivity index (χ3n) is 1.41. The Morgan fingerprint density at radius 1 is 1.14 bits per heavy atom. The third kappa shape index (κ3) is 3.53. The van der Waals surface area contributed by atoms with Gasteiger partial charge in [0.05, 0.1) is 5.97 Å². The van der Waals surface area contributed by atoms with Crippen molar-refractivity contribution in [2.24, 2.45) is 0 Å². The number of rotatable bonds is 3. The summed E-state index contributed by atoms with van der Waals surface area (Å²) in [5.41, 5.74) is 0.612. The predicted molar refractivity (Wildman–Crippen MR) is 49.2 cm³/mol. The Hall–Kier alpha value is -2.10. The fourth-order valence-corrected chi connectivity index (χ4v) is 0.849. The summed E-state index contributed by atoms with van der Waals surface area (Å²) in [5, 5.41) is 12.5. The van der Waals surface area contributed by atoms with Crippen LogP contribution in [0.1, 0.15) is 0 Å². The predicted octanol–water partition coefficient (Wildman–Crippen LogP) is -0.0688. The van der Waals surface area contributed by atoms with Crippen molar-refractivity contribution in [2.45, 2.75) is 0 Å². The highest BCUT2D eigenvalue weighted by molar-refractivity contribution is 6.01. The molecule has 0 bridgehead atoms. The molecule has 0 atom stereocenters. The average Bonchev–Trinajstić information content (AvgIpc) is 2.16. The Labute approximate surface area is 80.9 Å². The van der Waals surface area contributed by atoms with Gasteiger partial charge in [0.15, 0.2) is 0 Å². The van der Waals surface area contributed by atoms with Crippen LogP contribution in [0, 0.1) is 0 Å². The van der Waals surface area contributed by atoms with Crippen molar-refractivity contribution in [3.63, 3.8) is 0 Å². The topological polar surface area (TPSA) is 69.2 Å². The minimum absolute atomic E-state index is 0.500. The molecule has 1 aromatic carbocycles. The van der Waals surface area contributed by atoms with Crippen LogP contribution in [0.15, 0.2) is 42.5 Å². The first-order chi connectivity index (χ1) is 6.68. The van der Waals surface area contributed by atoms with E-state index in [1.54, 1.807) is 24.3 Å². The molecular weight excluding hydrogens is 182 g/mol. The molecule has 1 rings (SSSR count). The summed E-state index contributed by atoms with van der Waals surface area (Å²) in [5.74, 6) is -1.89. The van der Waals surface area contributed by atoms with E-state index in [2.05, 4.69) is 5.32 Å². The van der Waals surface area contributed by atoms with E-state index in [1.165, 1.54) is 0 Å². The molecule has 0 fully saturated rings. The molecule has 0 aromatic heterocycles. The number of carbonyl (C=O) groups is 2. The van der Waals surface area contributed by atoms with Gasteiger partial charge < -0.3 is 15.2 Å². The van der Waals surface area contributed by atoms with Crippen molar-refractivity contribution in [3.05, 3.63) is 42.5 Å². The number of anilines is 1. The molecule has 14 heavy (non-hydrogen) atoms. The van der Waals surface area contributed by atoms with Crippen LogP contribution in [0.3, 0.4) is 0 Å². The number of hydrogen-bond acceptors (Lipinski definition) is 3. The maximum atomic E-state index is 11.0. The number of amides is 1. The second-order valence-electron chi connectivity index (χ2n) is 2.51. The van der Waals surface area contributed by atoms with Gasteiger partial charge in [-0.1, -0.05) is 18.2 Å². The zero-order valence-corrected chi connectivity index (χ0v) is 7.27. The Bertz CT molecular complexity index is 357. The SMILES string of the molecule is O=C([O-])/C=C\C(=O)Nc1ccccc1. The molecular formula is C10H8NO3-. The maximum Gasteiger partial charge on any atom is 0.248 e. The molecule has 0 saturated carbocycles. The summed E-state index contributed by atoms with van der Waals surface area (Å²) in [4.78, 5) is 21.0. The Kier molecular flexibility index (Phi) is 3.43. The zero-order chi connectivity index (χ0) is 10.4. The van der Waals surface area contributed by atoms with Gasteiger partial charge in [-0.25, -0.2) is 0 Å². The minimum atomic E-state index is -1.40. The number of carboxylic acid groups (broad SMARTS) is 1. The fourth-order valence-electron chi connectivity index (χ4n) is 0.849. The number of carbonyl (C=O) groups excluding carboxylic acids is 2. The van der Waals surface area contributed by atoms with E-state index in [1.807, 2.05) is 6.07 Å². The second kappa shape index (κ2) is 4.81. The first kappa shape index (κ1) is 9.98. The summed E-state index contributed by atoms with van der Waals surface area (Å²) in [6, 6.07) is 8.73. The molecule has 1 amide bonds. The summed E-state index contributed by atoms with van der Waals surface area (Å²) in [7, 11) is 0. The van der Waals surface area contributed by atoms with Gasteiger partial charge in [-0.3, -0.25) is 4.79 Å². The summed E-state index contributed by atoms with van der Waals surface area (Å²) in [6.45, 7) is 0. The molecule has 0 aliphatic carbocycles. The van der Waals surface area contributed by atoms with E-state index in [0.717, 1.165) is 6.08 Å². The summed E-state index contributed by atoms with van der Waals surface area (Å²) < 4.78 is 0. The van der Waals surface area contributed by atoms with Crippen LogP contribution in [-0.2, 0) is 9.59 Å². The van der Waals surface area contributed by atoms with E-state index in [0.29, 0.717) is 11.8 Å². The van der Waals surface area contributed by atoms with Gasteiger partial charge in [-0.15, -0.1) is 0 Å². The quantitative estimate of drug-likeness (QED) is 0.678. The molecule has 0 saturated heterocycles. The summed E-state index contributed by atoms with van der Waals surface area (Å²) in [6.07, 6.45) is 1.58. The van der Waals surface area contributed by atoms with Crippen LogP contribution >= 0.6 is 0 Å². The van der Waals surface area contributed by atoms with Crippen molar-refractivity contribution in [2.75, 3.05) is 5.32 Å². The smallest absolute Gasteiger partial charge is 0.248 e. The highest BCUT2D eigenvalue weighted by atomic mass is 16.4. The van der Waals surface area contributed by atoms with E-state index in [-0.39, 0.29) is 0 Å². The Morgan fingerprint density at radius 3 is 2.36 bits per heavy atom. The molecule has 72 valence electrons. The van der Waals surface area contributed by atoms with E-state index >= 15 is 0 Å². The molecule has 0 unspecified atom stereocenters. The van der Waals surface area contributed by atoms with Crippen LogP contribution in [0.2, 0.25) is 0 Å². The summed E-state index contributed by atoms with van der Waals surface area (Å²) >= 11 is 0. The lowest BCUT2D eigenvalue weighted by atomic mass is 10.3. The van der Waals surface area contributed by atoms with Crippen LogP contribution in [0.25, 0.3) is 0 Å². The zero-order valence-electron chi connectivity index (χ0n) is 7.27. The van der Waals surface area contributed by atoms with Crippen molar-refractivity contribution < 1.29 is 14.7 Å². The van der Waals surface area contributed by atoms with E-state index < -0.39 is 11.9 Å². The van der Waals surface area contributed by atoms with Gasteiger partial charge in [-0.2, -0.15) is 0 Å². The lowest BCUT2D eigenvalue weighted by molar-refractivity contribution is -0.297. The molecule has 4 nitrogen and oxygen atoms in total. The molecule has 1 N–H and O–H groups in total. The third-order valence-corrected chi connectivity index (χ3v) is 1.41. The van der Waals surface area contributed by atoms with Gasteiger partial charge in [0.25, 0.3) is 0 Å². The normalized spacial score (nSPS) is 10.0. The van der Waals surface area contributed by atoms with Crippen LogP contribution < -0.4 is 10.4 Å². The number of benzene rings is 1. The largest absolute Gasteiger partial charge is 0.545 e. The number of hydrogen-bond donors (Lipinski definition) is 1. The molecule has 1 aromatic rings. The van der Waals surface area contributed by atoms with Crippen LogP contribution in [0.5, 0.6) is 0 Å². The Morgan fingerprint density at radius 2 is 1.79 bits per heavy atom. The number of aliphatic carboxylic acids is 1. The first-order valence-electron chi connectivity index (χ1n) is 3.93. The standard InChI is InChI=1S/C10H9NO3/c12-9(6-7-10(13)14)11-8-4-2-1-3-5-8/h1-7H,(H,11,12)(H,13,14)/p-1/b7-6-. The van der Waals surface area contributed by atoms with Crippen molar-refractivity contribution in [3.8, 4) is 0 Å². The number of nitrogens with one attached hydrogen (secondary N) is 1. The molecule has 4 heteroatoms.